The molecule has 4 rings (SSSR count). The molecule has 1 aliphatic rings. The van der Waals surface area contributed by atoms with Gasteiger partial charge in [-0.3, -0.25) is 0 Å². The number of nitrogens with zero attached hydrogens (tertiary/aromatic N) is 2. The summed E-state index contributed by atoms with van der Waals surface area (Å²) in [5, 5.41) is 3.98. The average molecular weight is 397 g/mol. The molecule has 0 bridgehead atoms. The smallest absolute Gasteiger partial charge is 0.230 e. The standard InChI is InChI=1S/C22H24FN3O3/c1-14-3-4-19(17(23)9-14)29-22-16-10-20(27-2)21(11-18(16)25-13-26-22)28-12-15-5-7-24-8-6-15/h3-4,9-11,13,15,24H,5-8,12H2,1-2H3. The zero-order valence-corrected chi connectivity index (χ0v) is 16.6. The molecule has 1 aromatic heterocycles. The second-order valence-corrected chi connectivity index (χ2v) is 7.24. The monoisotopic (exact) mass is 397 g/mol. The van der Waals surface area contributed by atoms with Crippen LogP contribution in [0.2, 0.25) is 0 Å². The van der Waals surface area contributed by atoms with E-state index in [2.05, 4.69) is 15.3 Å². The van der Waals surface area contributed by atoms with Crippen LogP contribution in [0.4, 0.5) is 4.39 Å². The number of benzene rings is 2. The molecule has 0 atom stereocenters. The lowest BCUT2D eigenvalue weighted by atomic mass is 9.99. The molecule has 0 spiro atoms. The van der Waals surface area contributed by atoms with Crippen LogP contribution >= 0.6 is 0 Å². The normalized spacial score (nSPS) is 14.7. The maximum atomic E-state index is 14.2. The summed E-state index contributed by atoms with van der Waals surface area (Å²) in [6.45, 7) is 4.49. The van der Waals surface area contributed by atoms with Gasteiger partial charge in [0.25, 0.3) is 0 Å². The van der Waals surface area contributed by atoms with Crippen molar-refractivity contribution < 1.29 is 18.6 Å². The van der Waals surface area contributed by atoms with Crippen molar-refractivity contribution in [2.24, 2.45) is 5.92 Å². The Morgan fingerprint density at radius 1 is 1.07 bits per heavy atom. The Labute approximate surface area is 169 Å². The number of hydrogen-bond acceptors (Lipinski definition) is 6. The first-order valence-electron chi connectivity index (χ1n) is 9.74. The van der Waals surface area contributed by atoms with Crippen molar-refractivity contribution in [2.75, 3.05) is 26.8 Å². The van der Waals surface area contributed by atoms with Crippen molar-refractivity contribution in [2.45, 2.75) is 19.8 Å². The molecule has 152 valence electrons. The van der Waals surface area contributed by atoms with Gasteiger partial charge in [0.1, 0.15) is 6.33 Å². The topological polar surface area (TPSA) is 65.5 Å². The predicted molar refractivity (Wildman–Crippen MR) is 108 cm³/mol. The van der Waals surface area contributed by atoms with Gasteiger partial charge in [-0.1, -0.05) is 6.07 Å². The fraction of sp³-hybridized carbons (Fsp3) is 0.364. The molecule has 6 nitrogen and oxygen atoms in total. The summed E-state index contributed by atoms with van der Waals surface area (Å²) in [6, 6.07) is 8.39. The summed E-state index contributed by atoms with van der Waals surface area (Å²) in [7, 11) is 1.59. The number of fused-ring (bicyclic) bond motifs is 1. The number of aryl methyl sites for hydroxylation is 1. The highest BCUT2D eigenvalue weighted by atomic mass is 19.1. The quantitative estimate of drug-likeness (QED) is 0.671. The van der Waals surface area contributed by atoms with Crippen LogP contribution in [-0.2, 0) is 0 Å². The Bertz CT molecular complexity index is 1010. The molecule has 7 heteroatoms. The highest BCUT2D eigenvalue weighted by Crippen LogP contribution is 2.36. The van der Waals surface area contributed by atoms with Gasteiger partial charge in [-0.25, -0.2) is 14.4 Å². The summed E-state index contributed by atoms with van der Waals surface area (Å²) >= 11 is 0. The Morgan fingerprint density at radius 2 is 1.90 bits per heavy atom. The number of methoxy groups -OCH3 is 1. The lowest BCUT2D eigenvalue weighted by Gasteiger charge is -2.23. The van der Waals surface area contributed by atoms with Crippen molar-refractivity contribution in [1.29, 1.82) is 0 Å². The largest absolute Gasteiger partial charge is 0.493 e. The maximum absolute atomic E-state index is 14.2. The lowest BCUT2D eigenvalue weighted by molar-refractivity contribution is 0.208. The molecule has 1 N–H and O–H groups in total. The van der Waals surface area contributed by atoms with E-state index in [4.69, 9.17) is 14.2 Å². The van der Waals surface area contributed by atoms with Gasteiger partial charge in [-0.15, -0.1) is 0 Å². The van der Waals surface area contributed by atoms with Crippen LogP contribution in [0.5, 0.6) is 23.1 Å². The van der Waals surface area contributed by atoms with Crippen LogP contribution in [0.15, 0.2) is 36.7 Å². The van der Waals surface area contributed by atoms with Crippen molar-refractivity contribution in [1.82, 2.24) is 15.3 Å². The van der Waals surface area contributed by atoms with E-state index in [0.29, 0.717) is 34.9 Å². The minimum atomic E-state index is -0.439. The Balaban J connectivity index is 1.62. The highest BCUT2D eigenvalue weighted by Gasteiger charge is 2.17. The van der Waals surface area contributed by atoms with E-state index in [0.717, 1.165) is 31.5 Å². The molecule has 2 aromatic carbocycles. The number of piperidine rings is 1. The van der Waals surface area contributed by atoms with Gasteiger partial charge in [0.15, 0.2) is 23.1 Å². The van der Waals surface area contributed by atoms with Gasteiger partial charge >= 0.3 is 0 Å². The molecule has 0 unspecified atom stereocenters. The first-order valence-corrected chi connectivity index (χ1v) is 9.74. The molecule has 0 radical (unpaired) electrons. The lowest BCUT2D eigenvalue weighted by Crippen LogP contribution is -2.30. The van der Waals surface area contributed by atoms with Crippen LogP contribution in [0.1, 0.15) is 18.4 Å². The molecule has 29 heavy (non-hydrogen) atoms. The zero-order valence-electron chi connectivity index (χ0n) is 16.6. The molecule has 0 saturated carbocycles. The summed E-state index contributed by atoms with van der Waals surface area (Å²) in [5.41, 5.74) is 1.46. The van der Waals surface area contributed by atoms with Gasteiger partial charge in [0, 0.05) is 6.07 Å². The molecular weight excluding hydrogens is 373 g/mol. The summed E-state index contributed by atoms with van der Waals surface area (Å²) in [5.74, 6) is 1.65. The second kappa shape index (κ2) is 8.61. The van der Waals surface area contributed by atoms with E-state index in [1.165, 1.54) is 12.4 Å². The molecule has 3 aromatic rings. The molecule has 1 saturated heterocycles. The number of hydrogen-bond donors (Lipinski definition) is 1. The van der Waals surface area contributed by atoms with Crippen molar-refractivity contribution in [3.63, 3.8) is 0 Å². The van der Waals surface area contributed by atoms with Crippen LogP contribution in [-0.4, -0.2) is 36.8 Å². The third kappa shape index (κ3) is 4.40. The third-order valence-electron chi connectivity index (χ3n) is 5.11. The number of ether oxygens (including phenoxy) is 3. The number of aromatic nitrogens is 2. The third-order valence-corrected chi connectivity index (χ3v) is 5.11. The SMILES string of the molecule is COc1cc2c(Oc3ccc(C)cc3F)ncnc2cc1OCC1CCNCC1. The molecule has 1 fully saturated rings. The predicted octanol–water partition coefficient (Wildman–Crippen LogP) is 4.26. The van der Waals surface area contributed by atoms with Gasteiger partial charge in [-0.05, 0) is 62.5 Å². The minimum absolute atomic E-state index is 0.112. The molecule has 1 aliphatic heterocycles. The van der Waals surface area contributed by atoms with Crippen molar-refractivity contribution in [3.05, 3.63) is 48.0 Å². The molecule has 2 heterocycles. The fourth-order valence-corrected chi connectivity index (χ4v) is 3.44. The zero-order chi connectivity index (χ0) is 20.2. The maximum Gasteiger partial charge on any atom is 0.230 e. The van der Waals surface area contributed by atoms with Crippen molar-refractivity contribution in [3.8, 4) is 23.1 Å². The van der Waals surface area contributed by atoms with E-state index in [1.54, 1.807) is 25.3 Å². The van der Waals surface area contributed by atoms with Crippen LogP contribution in [0.25, 0.3) is 10.9 Å². The first kappa shape index (κ1) is 19.4. The fourth-order valence-electron chi connectivity index (χ4n) is 3.44. The summed E-state index contributed by atoms with van der Waals surface area (Å²) in [6.07, 6.45) is 3.59. The van der Waals surface area contributed by atoms with E-state index < -0.39 is 5.82 Å². The Hall–Kier alpha value is -2.93. The van der Waals surface area contributed by atoms with Crippen molar-refractivity contribution >= 4 is 10.9 Å². The number of nitrogens with one attached hydrogen (secondary N) is 1. The van der Waals surface area contributed by atoms with Gasteiger partial charge in [-0.2, -0.15) is 0 Å². The summed E-state index contributed by atoms with van der Waals surface area (Å²) in [4.78, 5) is 8.51. The average Bonchev–Trinajstić information content (AvgIpc) is 2.74. The Morgan fingerprint density at radius 3 is 2.66 bits per heavy atom. The molecule has 0 amide bonds. The van der Waals surface area contributed by atoms with Crippen LogP contribution < -0.4 is 19.5 Å². The Kier molecular flexibility index (Phi) is 5.76. The summed E-state index contributed by atoms with van der Waals surface area (Å²) < 4.78 is 31.5. The van der Waals surface area contributed by atoms with Gasteiger partial charge in [0.05, 0.1) is 24.6 Å². The highest BCUT2D eigenvalue weighted by molar-refractivity contribution is 5.87. The number of rotatable bonds is 6. The van der Waals surface area contributed by atoms with E-state index >= 15 is 0 Å². The van der Waals surface area contributed by atoms with E-state index in [1.807, 2.05) is 13.0 Å². The molecule has 0 aliphatic carbocycles. The van der Waals surface area contributed by atoms with Gasteiger partial charge in [0.2, 0.25) is 5.88 Å². The number of halogens is 1. The minimum Gasteiger partial charge on any atom is -0.493 e. The van der Waals surface area contributed by atoms with E-state index in [-0.39, 0.29) is 11.6 Å². The van der Waals surface area contributed by atoms with Crippen LogP contribution in [0.3, 0.4) is 0 Å². The van der Waals surface area contributed by atoms with Crippen LogP contribution in [0, 0.1) is 18.7 Å². The van der Waals surface area contributed by atoms with E-state index in [9.17, 15) is 4.39 Å². The molecular formula is C22H24FN3O3. The first-order chi connectivity index (χ1) is 14.1. The second-order valence-electron chi connectivity index (χ2n) is 7.24. The van der Waals surface area contributed by atoms with Gasteiger partial charge < -0.3 is 19.5 Å².